The summed E-state index contributed by atoms with van der Waals surface area (Å²) in [5.74, 6) is -0.193. The van der Waals surface area contributed by atoms with Crippen LogP contribution in [0.25, 0.3) is 0 Å². The Morgan fingerprint density at radius 3 is 2.71 bits per heavy atom. The van der Waals surface area contributed by atoms with Gasteiger partial charge < -0.3 is 10.8 Å². The summed E-state index contributed by atoms with van der Waals surface area (Å²) in [6.45, 7) is 0. The van der Waals surface area contributed by atoms with Gasteiger partial charge >= 0.3 is 5.97 Å². The van der Waals surface area contributed by atoms with Crippen molar-refractivity contribution in [3.8, 4) is 0 Å². The van der Waals surface area contributed by atoms with Crippen LogP contribution in [-0.2, 0) is 7.05 Å². The third-order valence-electron chi connectivity index (χ3n) is 2.85. The van der Waals surface area contributed by atoms with Gasteiger partial charge in [0, 0.05) is 12.6 Å². The highest BCUT2D eigenvalue weighted by Gasteiger charge is 2.30. The second-order valence-corrected chi connectivity index (χ2v) is 3.70. The topological polar surface area (TPSA) is 81.1 Å². The number of aromatic nitrogens is 2. The van der Waals surface area contributed by atoms with Crippen LogP contribution < -0.4 is 5.73 Å². The number of nitrogen functional groups attached to an aromatic ring is 1. The maximum absolute atomic E-state index is 10.9. The summed E-state index contributed by atoms with van der Waals surface area (Å²) in [5.41, 5.74) is 6.64. The van der Waals surface area contributed by atoms with Crippen LogP contribution in [0, 0.1) is 0 Å². The maximum Gasteiger partial charge on any atom is 0.356 e. The molecule has 0 aromatic carbocycles. The van der Waals surface area contributed by atoms with E-state index in [0.717, 1.165) is 24.8 Å². The summed E-state index contributed by atoms with van der Waals surface area (Å²) in [6, 6.07) is 0. The molecule has 0 saturated heterocycles. The molecule has 0 aliphatic heterocycles. The summed E-state index contributed by atoms with van der Waals surface area (Å²) in [5, 5.41) is 12.8. The van der Waals surface area contributed by atoms with E-state index in [1.165, 1.54) is 4.68 Å². The molecule has 0 spiro atoms. The van der Waals surface area contributed by atoms with E-state index < -0.39 is 5.97 Å². The molecule has 14 heavy (non-hydrogen) atoms. The molecule has 2 rings (SSSR count). The lowest BCUT2D eigenvalue weighted by Gasteiger charge is -2.25. The van der Waals surface area contributed by atoms with Crippen LogP contribution in [0.15, 0.2) is 0 Å². The van der Waals surface area contributed by atoms with Gasteiger partial charge in [0.15, 0.2) is 5.69 Å². The number of anilines is 1. The van der Waals surface area contributed by atoms with Crippen molar-refractivity contribution in [1.29, 1.82) is 0 Å². The molecule has 0 unspecified atom stereocenters. The van der Waals surface area contributed by atoms with Gasteiger partial charge in [0.25, 0.3) is 0 Å². The van der Waals surface area contributed by atoms with Crippen LogP contribution in [0.3, 0.4) is 0 Å². The van der Waals surface area contributed by atoms with Crippen LogP contribution in [0.2, 0.25) is 0 Å². The van der Waals surface area contributed by atoms with E-state index in [1.54, 1.807) is 7.05 Å². The van der Waals surface area contributed by atoms with Crippen molar-refractivity contribution in [2.75, 3.05) is 5.73 Å². The van der Waals surface area contributed by atoms with E-state index in [1.807, 2.05) is 0 Å². The van der Waals surface area contributed by atoms with Crippen molar-refractivity contribution in [3.05, 3.63) is 11.3 Å². The molecule has 1 fully saturated rings. The minimum absolute atomic E-state index is 0.120. The average molecular weight is 195 g/mol. The molecule has 5 nitrogen and oxygen atoms in total. The Morgan fingerprint density at radius 1 is 1.64 bits per heavy atom. The number of hydrogen-bond donors (Lipinski definition) is 2. The Kier molecular flexibility index (Phi) is 1.94. The molecular weight excluding hydrogens is 182 g/mol. The van der Waals surface area contributed by atoms with E-state index in [-0.39, 0.29) is 5.69 Å². The number of rotatable bonds is 2. The first-order valence-corrected chi connectivity index (χ1v) is 4.67. The summed E-state index contributed by atoms with van der Waals surface area (Å²) < 4.78 is 1.44. The number of carboxylic acids is 1. The fourth-order valence-corrected chi connectivity index (χ4v) is 1.81. The molecular formula is C9H13N3O2. The Bertz CT molecular complexity index is 380. The first kappa shape index (κ1) is 9.05. The van der Waals surface area contributed by atoms with Crippen molar-refractivity contribution in [2.24, 2.45) is 7.05 Å². The smallest absolute Gasteiger partial charge is 0.356 e. The Balaban J connectivity index is 2.48. The highest BCUT2D eigenvalue weighted by molar-refractivity contribution is 5.89. The van der Waals surface area contributed by atoms with Gasteiger partial charge in [-0.2, -0.15) is 5.10 Å². The number of carboxylic acid groups (broad SMARTS) is 1. The summed E-state index contributed by atoms with van der Waals surface area (Å²) >= 11 is 0. The van der Waals surface area contributed by atoms with Gasteiger partial charge in [-0.05, 0) is 18.8 Å². The van der Waals surface area contributed by atoms with E-state index in [2.05, 4.69) is 5.10 Å². The number of nitrogens with zero attached hydrogens (tertiary/aromatic N) is 2. The number of hydrogen-bond acceptors (Lipinski definition) is 3. The van der Waals surface area contributed by atoms with Crippen LogP contribution in [-0.4, -0.2) is 20.9 Å². The second-order valence-electron chi connectivity index (χ2n) is 3.70. The molecule has 1 saturated carbocycles. The molecule has 0 atom stereocenters. The van der Waals surface area contributed by atoms with Crippen LogP contribution in [0.1, 0.15) is 41.2 Å². The molecule has 1 aromatic heterocycles. The molecule has 1 aliphatic rings. The Labute approximate surface area is 81.5 Å². The molecule has 0 bridgehead atoms. The zero-order valence-electron chi connectivity index (χ0n) is 8.03. The second kappa shape index (κ2) is 3.01. The van der Waals surface area contributed by atoms with Gasteiger partial charge in [-0.25, -0.2) is 4.79 Å². The van der Waals surface area contributed by atoms with Crippen molar-refractivity contribution in [3.63, 3.8) is 0 Å². The summed E-state index contributed by atoms with van der Waals surface area (Å²) in [6.07, 6.45) is 3.20. The normalized spacial score (nSPS) is 16.6. The zero-order chi connectivity index (χ0) is 10.3. The van der Waals surface area contributed by atoms with Gasteiger partial charge in [-0.1, -0.05) is 6.42 Å². The largest absolute Gasteiger partial charge is 0.476 e. The lowest BCUT2D eigenvalue weighted by atomic mass is 9.79. The molecule has 1 aromatic rings. The number of carbonyl (C=O) groups is 1. The highest BCUT2D eigenvalue weighted by Crippen LogP contribution is 2.40. The lowest BCUT2D eigenvalue weighted by Crippen LogP contribution is -2.14. The van der Waals surface area contributed by atoms with Crippen LogP contribution >= 0.6 is 0 Å². The minimum Gasteiger partial charge on any atom is -0.476 e. The standard InChI is InChI=1S/C9H13N3O2/c1-12-8(10)6(5-3-2-4-5)7(11-12)9(13)14/h5H,2-4,10H2,1H3,(H,13,14). The minimum atomic E-state index is -0.987. The monoisotopic (exact) mass is 195 g/mol. The Morgan fingerprint density at radius 2 is 2.29 bits per heavy atom. The van der Waals surface area contributed by atoms with E-state index in [9.17, 15) is 4.79 Å². The molecule has 3 N–H and O–H groups in total. The van der Waals surface area contributed by atoms with E-state index in [0.29, 0.717) is 11.7 Å². The fraction of sp³-hybridized carbons (Fsp3) is 0.556. The van der Waals surface area contributed by atoms with E-state index >= 15 is 0 Å². The van der Waals surface area contributed by atoms with Crippen molar-refractivity contribution in [1.82, 2.24) is 9.78 Å². The quantitative estimate of drug-likeness (QED) is 0.736. The SMILES string of the molecule is Cn1nc(C(=O)O)c(C2CCC2)c1N. The third-order valence-corrected chi connectivity index (χ3v) is 2.85. The van der Waals surface area contributed by atoms with Crippen molar-refractivity contribution < 1.29 is 9.90 Å². The van der Waals surface area contributed by atoms with Crippen molar-refractivity contribution in [2.45, 2.75) is 25.2 Å². The fourth-order valence-electron chi connectivity index (χ4n) is 1.81. The molecule has 1 heterocycles. The summed E-state index contributed by atoms with van der Waals surface area (Å²) in [4.78, 5) is 10.9. The molecule has 5 heteroatoms. The number of aryl methyl sites for hydroxylation is 1. The predicted molar refractivity (Wildman–Crippen MR) is 51.2 cm³/mol. The van der Waals surface area contributed by atoms with Gasteiger partial charge in [0.2, 0.25) is 0 Å². The van der Waals surface area contributed by atoms with Gasteiger partial charge in [-0.15, -0.1) is 0 Å². The predicted octanol–water partition coefficient (Wildman–Crippen LogP) is 0.968. The van der Waals surface area contributed by atoms with Gasteiger partial charge in [0.05, 0.1) is 0 Å². The zero-order valence-corrected chi connectivity index (χ0v) is 8.03. The van der Waals surface area contributed by atoms with Crippen LogP contribution in [0.5, 0.6) is 0 Å². The Hall–Kier alpha value is -1.52. The van der Waals surface area contributed by atoms with Crippen molar-refractivity contribution >= 4 is 11.8 Å². The number of aromatic carboxylic acids is 1. The van der Waals surface area contributed by atoms with Gasteiger partial charge in [-0.3, -0.25) is 4.68 Å². The highest BCUT2D eigenvalue weighted by atomic mass is 16.4. The summed E-state index contributed by atoms with van der Waals surface area (Å²) in [7, 11) is 1.67. The third kappa shape index (κ3) is 1.16. The number of nitrogens with two attached hydrogens (primary N) is 1. The van der Waals surface area contributed by atoms with Gasteiger partial charge in [0.1, 0.15) is 5.82 Å². The molecule has 76 valence electrons. The molecule has 1 aliphatic carbocycles. The first-order valence-electron chi connectivity index (χ1n) is 4.67. The average Bonchev–Trinajstić information content (AvgIpc) is 2.29. The first-order chi connectivity index (χ1) is 6.61. The van der Waals surface area contributed by atoms with Crippen LogP contribution in [0.4, 0.5) is 5.82 Å². The lowest BCUT2D eigenvalue weighted by molar-refractivity contribution is 0.0687. The molecule has 0 radical (unpaired) electrons. The molecule has 0 amide bonds. The van der Waals surface area contributed by atoms with E-state index in [4.69, 9.17) is 10.8 Å². The maximum atomic E-state index is 10.9.